The molecule has 0 atom stereocenters. The molecule has 0 saturated carbocycles. The number of aliphatic carboxylic acids is 1. The average Bonchev–Trinajstić information content (AvgIpc) is 2.98. The molecule has 0 unspecified atom stereocenters. The zero-order valence-corrected chi connectivity index (χ0v) is 13.6. The zero-order valence-electron chi connectivity index (χ0n) is 13.6. The number of carboxylic acids is 1. The first kappa shape index (κ1) is 19.3. The first-order chi connectivity index (χ1) is 11.9. The number of carboxylic acid groups (broad SMARTS) is 1. The van der Waals surface area contributed by atoms with Gasteiger partial charge in [-0.2, -0.15) is 13.2 Å². The van der Waals surface area contributed by atoms with Gasteiger partial charge in [-0.1, -0.05) is 17.3 Å². The molecule has 2 N–H and O–H groups in total. The molecule has 140 valence electrons. The van der Waals surface area contributed by atoms with Gasteiger partial charge in [0, 0.05) is 6.54 Å². The highest BCUT2D eigenvalue weighted by Gasteiger charge is 2.42. The van der Waals surface area contributed by atoms with Crippen LogP contribution in [-0.4, -0.2) is 38.5 Å². The van der Waals surface area contributed by atoms with Gasteiger partial charge in [0.2, 0.25) is 0 Å². The number of alkyl halides is 3. The number of aromatic nitrogens is 3. The summed E-state index contributed by atoms with van der Waals surface area (Å²) in [6.07, 6.45) is -5.05. The van der Waals surface area contributed by atoms with Crippen LogP contribution in [0.25, 0.3) is 5.69 Å². The fourth-order valence-electron chi connectivity index (χ4n) is 1.94. The molecule has 2 rings (SSSR count). The number of amides is 1. The lowest BCUT2D eigenvalue weighted by atomic mass is 9.94. The summed E-state index contributed by atoms with van der Waals surface area (Å²) in [6, 6.07) is 4.57. The smallest absolute Gasteiger partial charge is 0.435 e. The number of nitrogens with one attached hydrogen (secondary N) is 1. The van der Waals surface area contributed by atoms with Crippen molar-refractivity contribution in [2.45, 2.75) is 20.0 Å². The van der Waals surface area contributed by atoms with E-state index in [2.05, 4.69) is 15.6 Å². The summed E-state index contributed by atoms with van der Waals surface area (Å²) in [5.41, 5.74) is -4.58. The van der Waals surface area contributed by atoms with Gasteiger partial charge in [0.25, 0.3) is 5.91 Å². The van der Waals surface area contributed by atoms with Crippen LogP contribution in [-0.2, 0) is 11.0 Å². The molecule has 1 aromatic heterocycles. The maximum Gasteiger partial charge on any atom is 0.435 e. The van der Waals surface area contributed by atoms with Crippen molar-refractivity contribution < 1.29 is 32.3 Å². The van der Waals surface area contributed by atoms with Crippen LogP contribution in [0.1, 0.15) is 30.0 Å². The Hall–Kier alpha value is -2.98. The number of rotatable bonds is 5. The molecule has 0 aliphatic carbocycles. The lowest BCUT2D eigenvalue weighted by molar-refractivity contribution is -0.146. The lowest BCUT2D eigenvalue weighted by Crippen LogP contribution is -2.39. The van der Waals surface area contributed by atoms with Gasteiger partial charge >= 0.3 is 12.1 Å². The Labute approximate surface area is 144 Å². The number of carbonyl (C=O) groups is 2. The Morgan fingerprint density at radius 3 is 2.38 bits per heavy atom. The monoisotopic (exact) mass is 374 g/mol. The quantitative estimate of drug-likeness (QED) is 0.783. The van der Waals surface area contributed by atoms with Crippen molar-refractivity contribution in [1.29, 1.82) is 0 Å². The minimum Gasteiger partial charge on any atom is -0.481 e. The standard InChI is InChI=1S/C15H14F4N4O3/c1-14(2,13(25)26)7-20-12(24)10-11(15(17,18)19)23(22-21-10)9-6-4-3-5-8(9)16/h3-6H,7H2,1-2H3,(H,20,24)(H,25,26). The van der Waals surface area contributed by atoms with E-state index in [-0.39, 0.29) is 4.68 Å². The Balaban J connectivity index is 2.43. The van der Waals surface area contributed by atoms with Gasteiger partial charge < -0.3 is 10.4 Å². The molecule has 0 aliphatic heterocycles. The lowest BCUT2D eigenvalue weighted by Gasteiger charge is -2.19. The van der Waals surface area contributed by atoms with Crippen LogP contribution >= 0.6 is 0 Å². The molecule has 1 aromatic carbocycles. The van der Waals surface area contributed by atoms with E-state index >= 15 is 0 Å². The van der Waals surface area contributed by atoms with E-state index in [4.69, 9.17) is 5.11 Å². The molecule has 1 heterocycles. The first-order valence-electron chi connectivity index (χ1n) is 7.24. The second-order valence-corrected chi connectivity index (χ2v) is 6.02. The summed E-state index contributed by atoms with van der Waals surface area (Å²) in [7, 11) is 0. The van der Waals surface area contributed by atoms with E-state index in [1.165, 1.54) is 26.0 Å². The number of halogens is 4. The van der Waals surface area contributed by atoms with Crippen LogP contribution in [0, 0.1) is 11.2 Å². The molecule has 0 saturated heterocycles. The van der Waals surface area contributed by atoms with Crippen LogP contribution in [0.15, 0.2) is 24.3 Å². The third kappa shape index (κ3) is 3.81. The predicted molar refractivity (Wildman–Crippen MR) is 80.1 cm³/mol. The third-order valence-corrected chi connectivity index (χ3v) is 3.50. The summed E-state index contributed by atoms with van der Waals surface area (Å²) in [6.45, 7) is 2.14. The summed E-state index contributed by atoms with van der Waals surface area (Å²) >= 11 is 0. The molecule has 11 heteroatoms. The molecule has 0 radical (unpaired) electrons. The number of nitrogens with zero attached hydrogens (tertiary/aromatic N) is 3. The molecular formula is C15H14F4N4O3. The van der Waals surface area contributed by atoms with Gasteiger partial charge in [0.1, 0.15) is 11.5 Å². The number of hydrogen-bond donors (Lipinski definition) is 2. The SMILES string of the molecule is CC(C)(CNC(=O)c1nnn(-c2ccccc2F)c1C(F)(F)F)C(=O)O. The van der Waals surface area contributed by atoms with E-state index in [1.807, 2.05) is 0 Å². The van der Waals surface area contributed by atoms with Crippen molar-refractivity contribution in [3.63, 3.8) is 0 Å². The van der Waals surface area contributed by atoms with Crippen molar-refractivity contribution in [3.05, 3.63) is 41.5 Å². The summed E-state index contributed by atoms with van der Waals surface area (Å²) in [5.74, 6) is -3.50. The van der Waals surface area contributed by atoms with Crippen LogP contribution in [0.4, 0.5) is 17.6 Å². The van der Waals surface area contributed by atoms with Crippen LogP contribution in [0.5, 0.6) is 0 Å². The fourth-order valence-corrected chi connectivity index (χ4v) is 1.94. The summed E-state index contributed by atoms with van der Waals surface area (Å²) < 4.78 is 54.3. The van der Waals surface area contributed by atoms with Crippen LogP contribution in [0.2, 0.25) is 0 Å². The van der Waals surface area contributed by atoms with Crippen LogP contribution in [0.3, 0.4) is 0 Å². The minimum absolute atomic E-state index is 0.187. The number of hydrogen-bond acceptors (Lipinski definition) is 4. The maximum atomic E-state index is 13.8. The van der Waals surface area contributed by atoms with E-state index in [9.17, 15) is 27.2 Å². The fraction of sp³-hybridized carbons (Fsp3) is 0.333. The van der Waals surface area contributed by atoms with E-state index in [0.717, 1.165) is 12.1 Å². The normalized spacial score (nSPS) is 12.1. The van der Waals surface area contributed by atoms with E-state index < -0.39 is 52.9 Å². The van der Waals surface area contributed by atoms with Crippen molar-refractivity contribution in [2.75, 3.05) is 6.54 Å². The first-order valence-corrected chi connectivity index (χ1v) is 7.24. The van der Waals surface area contributed by atoms with E-state index in [1.54, 1.807) is 0 Å². The Kier molecular flexibility index (Phi) is 5.01. The van der Waals surface area contributed by atoms with Gasteiger partial charge in [0.15, 0.2) is 11.4 Å². The van der Waals surface area contributed by atoms with Crippen LogP contribution < -0.4 is 5.32 Å². The molecule has 0 fully saturated rings. The molecule has 2 aromatic rings. The number of carbonyl (C=O) groups excluding carboxylic acids is 1. The summed E-state index contributed by atoms with van der Waals surface area (Å²) in [4.78, 5) is 23.1. The van der Waals surface area contributed by atoms with Crippen molar-refractivity contribution in [2.24, 2.45) is 5.41 Å². The zero-order chi connectivity index (χ0) is 19.7. The molecule has 0 spiro atoms. The van der Waals surface area contributed by atoms with Gasteiger partial charge in [-0.05, 0) is 26.0 Å². The average molecular weight is 374 g/mol. The second-order valence-electron chi connectivity index (χ2n) is 6.02. The van der Waals surface area contributed by atoms with Gasteiger partial charge in [-0.3, -0.25) is 9.59 Å². The van der Waals surface area contributed by atoms with Gasteiger partial charge in [-0.25, -0.2) is 9.07 Å². The number of para-hydroxylation sites is 1. The molecule has 7 nitrogen and oxygen atoms in total. The molecule has 1 amide bonds. The Morgan fingerprint density at radius 2 is 1.85 bits per heavy atom. The molecular weight excluding hydrogens is 360 g/mol. The van der Waals surface area contributed by atoms with Gasteiger partial charge in [-0.15, -0.1) is 5.10 Å². The maximum absolute atomic E-state index is 13.8. The largest absolute Gasteiger partial charge is 0.481 e. The van der Waals surface area contributed by atoms with Crippen molar-refractivity contribution in [3.8, 4) is 5.69 Å². The highest BCUT2D eigenvalue weighted by molar-refractivity contribution is 5.94. The second kappa shape index (κ2) is 6.73. The molecule has 26 heavy (non-hydrogen) atoms. The Bertz CT molecular complexity index is 846. The summed E-state index contributed by atoms with van der Waals surface area (Å²) in [5, 5.41) is 17.5. The van der Waals surface area contributed by atoms with Crippen molar-refractivity contribution in [1.82, 2.24) is 20.3 Å². The highest BCUT2D eigenvalue weighted by atomic mass is 19.4. The van der Waals surface area contributed by atoms with E-state index in [0.29, 0.717) is 0 Å². The Morgan fingerprint density at radius 1 is 1.23 bits per heavy atom. The predicted octanol–water partition coefficient (Wildman–Crippen LogP) is 2.27. The third-order valence-electron chi connectivity index (χ3n) is 3.50. The topological polar surface area (TPSA) is 97.1 Å². The van der Waals surface area contributed by atoms with Crippen molar-refractivity contribution >= 4 is 11.9 Å². The molecule has 0 aliphatic rings. The highest BCUT2D eigenvalue weighted by Crippen LogP contribution is 2.33. The van der Waals surface area contributed by atoms with Gasteiger partial charge in [0.05, 0.1) is 5.41 Å². The minimum atomic E-state index is -5.05. The molecule has 0 bridgehead atoms. The number of benzene rings is 1.